The number of Topliss-reactive ketones (excluding diaryl/α,β-unsaturated/α-hetero) is 1. The molecule has 2 rings (SSSR count). The second-order valence-electron chi connectivity index (χ2n) is 4.64. The Morgan fingerprint density at radius 1 is 1.05 bits per heavy atom. The topological polar surface area (TPSA) is 26.3 Å². The van der Waals surface area contributed by atoms with Gasteiger partial charge in [0.2, 0.25) is 0 Å². The second-order valence-corrected chi connectivity index (χ2v) is 4.64. The zero-order chi connectivity index (χ0) is 13.8. The molecular weight excluding hydrogens is 236 g/mol. The molecule has 0 saturated heterocycles. The number of carbonyl (C=O) groups excluding carboxylic acids is 1. The Kier molecular flexibility index (Phi) is 4.00. The first-order valence-electron chi connectivity index (χ1n) is 6.37. The molecule has 0 bridgehead atoms. The van der Waals surface area contributed by atoms with Crippen molar-refractivity contribution in [2.75, 3.05) is 7.11 Å². The summed E-state index contributed by atoms with van der Waals surface area (Å²) in [5.74, 6) is 1.14. The third kappa shape index (κ3) is 2.84. The van der Waals surface area contributed by atoms with Gasteiger partial charge in [0.15, 0.2) is 5.78 Å². The highest BCUT2D eigenvalue weighted by molar-refractivity contribution is 5.95. The summed E-state index contributed by atoms with van der Waals surface area (Å²) in [5, 5.41) is 0. The van der Waals surface area contributed by atoms with E-state index in [2.05, 4.69) is 6.92 Å². The van der Waals surface area contributed by atoms with Gasteiger partial charge >= 0.3 is 0 Å². The molecule has 98 valence electrons. The zero-order valence-electron chi connectivity index (χ0n) is 11.5. The number of hydrogen-bond acceptors (Lipinski definition) is 2. The highest BCUT2D eigenvalue weighted by atomic mass is 16.5. The molecule has 0 aliphatic heterocycles. The van der Waals surface area contributed by atoms with Gasteiger partial charge in [-0.2, -0.15) is 0 Å². The van der Waals surface area contributed by atoms with Crippen molar-refractivity contribution in [3.8, 4) is 5.75 Å². The quantitative estimate of drug-likeness (QED) is 0.769. The lowest BCUT2D eigenvalue weighted by Crippen LogP contribution is -2.04. The molecule has 0 heterocycles. The molecule has 0 aromatic heterocycles. The largest absolute Gasteiger partial charge is 0.497 e. The van der Waals surface area contributed by atoms with Gasteiger partial charge in [-0.25, -0.2) is 0 Å². The molecule has 0 aliphatic carbocycles. The van der Waals surface area contributed by atoms with Crippen molar-refractivity contribution in [3.63, 3.8) is 0 Å². The highest BCUT2D eigenvalue weighted by Crippen LogP contribution is 2.28. The van der Waals surface area contributed by atoms with Crippen molar-refractivity contribution in [3.05, 3.63) is 65.2 Å². The molecule has 19 heavy (non-hydrogen) atoms. The summed E-state index contributed by atoms with van der Waals surface area (Å²) in [6.45, 7) is 3.73. The predicted molar refractivity (Wildman–Crippen MR) is 77.0 cm³/mol. The van der Waals surface area contributed by atoms with E-state index in [1.807, 2.05) is 48.5 Å². The fourth-order valence-electron chi connectivity index (χ4n) is 2.27. The molecule has 0 saturated carbocycles. The van der Waals surface area contributed by atoms with Crippen molar-refractivity contribution in [1.29, 1.82) is 0 Å². The lowest BCUT2D eigenvalue weighted by molar-refractivity contribution is 0.101. The summed E-state index contributed by atoms with van der Waals surface area (Å²) in [6.07, 6.45) is 0. The van der Waals surface area contributed by atoms with E-state index in [9.17, 15) is 4.79 Å². The fraction of sp³-hybridized carbons (Fsp3) is 0.235. The number of benzene rings is 2. The number of hydrogen-bond donors (Lipinski definition) is 0. The van der Waals surface area contributed by atoms with Crippen LogP contribution in [-0.2, 0) is 0 Å². The molecule has 2 aromatic rings. The summed E-state index contributed by atoms with van der Waals surface area (Å²) in [6, 6.07) is 15.8. The third-order valence-electron chi connectivity index (χ3n) is 3.42. The fourth-order valence-corrected chi connectivity index (χ4v) is 2.27. The van der Waals surface area contributed by atoms with E-state index in [1.54, 1.807) is 14.0 Å². The maximum absolute atomic E-state index is 11.7. The van der Waals surface area contributed by atoms with Crippen LogP contribution in [0.25, 0.3) is 0 Å². The molecule has 0 radical (unpaired) electrons. The van der Waals surface area contributed by atoms with Gasteiger partial charge in [0.25, 0.3) is 0 Å². The average Bonchev–Trinajstić information content (AvgIpc) is 2.46. The van der Waals surface area contributed by atoms with Gasteiger partial charge in [0.05, 0.1) is 7.11 Å². The number of methoxy groups -OCH3 is 1. The zero-order valence-corrected chi connectivity index (χ0v) is 11.5. The van der Waals surface area contributed by atoms with Crippen LogP contribution < -0.4 is 4.74 Å². The molecule has 0 fully saturated rings. The Morgan fingerprint density at radius 2 is 1.68 bits per heavy atom. The molecule has 1 unspecified atom stereocenters. The molecular formula is C17H18O2. The van der Waals surface area contributed by atoms with Crippen LogP contribution in [0, 0.1) is 0 Å². The molecule has 0 N–H and O–H groups in total. The van der Waals surface area contributed by atoms with E-state index in [1.165, 1.54) is 5.56 Å². The Labute approximate surface area is 114 Å². The van der Waals surface area contributed by atoms with Crippen LogP contribution in [0.3, 0.4) is 0 Å². The number of ketones is 1. The third-order valence-corrected chi connectivity index (χ3v) is 3.42. The summed E-state index contributed by atoms with van der Waals surface area (Å²) in [4.78, 5) is 11.7. The number of ether oxygens (including phenoxy) is 1. The van der Waals surface area contributed by atoms with Crippen molar-refractivity contribution in [2.45, 2.75) is 19.8 Å². The lowest BCUT2D eigenvalue weighted by atomic mass is 9.88. The maximum Gasteiger partial charge on any atom is 0.160 e. The first-order valence-corrected chi connectivity index (χ1v) is 6.37. The van der Waals surface area contributed by atoms with E-state index in [-0.39, 0.29) is 11.7 Å². The SMILES string of the molecule is COc1ccc(C(C)c2ccccc2C(C)=O)cc1. The summed E-state index contributed by atoms with van der Waals surface area (Å²) in [7, 11) is 1.66. The van der Waals surface area contributed by atoms with Crippen LogP contribution >= 0.6 is 0 Å². The molecule has 0 spiro atoms. The minimum atomic E-state index is 0.107. The van der Waals surface area contributed by atoms with Crippen LogP contribution in [0.4, 0.5) is 0 Å². The second kappa shape index (κ2) is 5.70. The van der Waals surface area contributed by atoms with Gasteiger partial charge in [0, 0.05) is 11.5 Å². The molecule has 1 atom stereocenters. The van der Waals surface area contributed by atoms with Crippen LogP contribution in [0.5, 0.6) is 5.75 Å². The van der Waals surface area contributed by atoms with Crippen LogP contribution in [0.15, 0.2) is 48.5 Å². The van der Waals surface area contributed by atoms with E-state index in [0.717, 1.165) is 16.9 Å². The first kappa shape index (κ1) is 13.3. The lowest BCUT2D eigenvalue weighted by Gasteiger charge is -2.16. The molecule has 2 aromatic carbocycles. The number of rotatable bonds is 4. The van der Waals surface area contributed by atoms with Gasteiger partial charge in [-0.05, 0) is 30.2 Å². The summed E-state index contributed by atoms with van der Waals surface area (Å²) >= 11 is 0. The maximum atomic E-state index is 11.7. The van der Waals surface area contributed by atoms with Crippen molar-refractivity contribution >= 4 is 5.78 Å². The number of carbonyl (C=O) groups is 1. The molecule has 0 aliphatic rings. The van der Waals surface area contributed by atoms with Gasteiger partial charge < -0.3 is 4.74 Å². The predicted octanol–water partition coefficient (Wildman–Crippen LogP) is 4.05. The smallest absolute Gasteiger partial charge is 0.160 e. The van der Waals surface area contributed by atoms with Gasteiger partial charge in [-0.3, -0.25) is 4.79 Å². The minimum Gasteiger partial charge on any atom is -0.497 e. The molecule has 2 nitrogen and oxygen atoms in total. The van der Waals surface area contributed by atoms with E-state index in [0.29, 0.717) is 0 Å². The van der Waals surface area contributed by atoms with Crippen LogP contribution in [0.1, 0.15) is 41.3 Å². The Hall–Kier alpha value is -2.09. The molecule has 2 heteroatoms. The normalized spacial score (nSPS) is 11.9. The minimum absolute atomic E-state index is 0.107. The monoisotopic (exact) mass is 254 g/mol. The highest BCUT2D eigenvalue weighted by Gasteiger charge is 2.14. The van der Waals surface area contributed by atoms with Gasteiger partial charge in [-0.15, -0.1) is 0 Å². The Morgan fingerprint density at radius 3 is 2.26 bits per heavy atom. The van der Waals surface area contributed by atoms with Gasteiger partial charge in [0.1, 0.15) is 5.75 Å². The van der Waals surface area contributed by atoms with Gasteiger partial charge in [-0.1, -0.05) is 43.3 Å². The first-order chi connectivity index (χ1) is 9.13. The summed E-state index contributed by atoms with van der Waals surface area (Å²) in [5.41, 5.74) is 3.04. The van der Waals surface area contributed by atoms with E-state index < -0.39 is 0 Å². The van der Waals surface area contributed by atoms with Crippen molar-refractivity contribution in [1.82, 2.24) is 0 Å². The van der Waals surface area contributed by atoms with Crippen LogP contribution in [-0.4, -0.2) is 12.9 Å². The average molecular weight is 254 g/mol. The van der Waals surface area contributed by atoms with Crippen molar-refractivity contribution < 1.29 is 9.53 Å². The van der Waals surface area contributed by atoms with E-state index in [4.69, 9.17) is 4.74 Å². The Bertz CT molecular complexity index is 570. The standard InChI is InChI=1S/C17H18O2/c1-12(14-8-10-15(19-3)11-9-14)16-6-4-5-7-17(16)13(2)18/h4-12H,1-3H3. The van der Waals surface area contributed by atoms with Crippen LogP contribution in [0.2, 0.25) is 0 Å². The Balaban J connectivity index is 2.37. The molecule has 0 amide bonds. The van der Waals surface area contributed by atoms with E-state index >= 15 is 0 Å². The summed E-state index contributed by atoms with van der Waals surface area (Å²) < 4.78 is 5.16. The van der Waals surface area contributed by atoms with Crippen molar-refractivity contribution in [2.24, 2.45) is 0 Å².